The van der Waals surface area contributed by atoms with Crippen LogP contribution < -0.4 is 5.32 Å². The maximum atomic E-state index is 5.22. The molecule has 0 aromatic carbocycles. The molecular weight excluding hydrogens is 238 g/mol. The third kappa shape index (κ3) is 5.23. The number of nitrogens with zero attached hydrogens (tertiary/aromatic N) is 2. The molecule has 1 rings (SSSR count). The number of ether oxygens (including phenoxy) is 1. The molecule has 0 saturated heterocycles. The lowest BCUT2D eigenvalue weighted by Gasteiger charge is -2.34. The van der Waals surface area contributed by atoms with Gasteiger partial charge >= 0.3 is 0 Å². The first-order valence-electron chi connectivity index (χ1n) is 6.94. The van der Waals surface area contributed by atoms with E-state index in [-0.39, 0.29) is 17.0 Å². The predicted octanol–water partition coefficient (Wildman–Crippen LogP) is 3.72. The second-order valence-corrected chi connectivity index (χ2v) is 7.21. The van der Waals surface area contributed by atoms with Crippen LogP contribution in [0.25, 0.3) is 0 Å². The summed E-state index contributed by atoms with van der Waals surface area (Å²) in [6.07, 6.45) is 4.91. The first kappa shape index (κ1) is 16.0. The molecule has 0 aliphatic rings. The summed E-state index contributed by atoms with van der Waals surface area (Å²) in [6.45, 7) is 14.0. The van der Waals surface area contributed by atoms with Gasteiger partial charge in [0.2, 0.25) is 5.95 Å². The number of hydrogen-bond acceptors (Lipinski definition) is 3. The molecule has 1 N–H and O–H groups in total. The highest BCUT2D eigenvalue weighted by Gasteiger charge is 2.26. The van der Waals surface area contributed by atoms with Gasteiger partial charge in [0.15, 0.2) is 0 Å². The Hall–Kier alpha value is -1.03. The van der Waals surface area contributed by atoms with Crippen molar-refractivity contribution in [2.75, 3.05) is 19.0 Å². The van der Waals surface area contributed by atoms with Crippen molar-refractivity contribution in [3.8, 4) is 0 Å². The lowest BCUT2D eigenvalue weighted by atomic mass is 9.82. The molecular formula is C15H29N3O. The van der Waals surface area contributed by atoms with E-state index in [2.05, 4.69) is 56.4 Å². The van der Waals surface area contributed by atoms with Gasteiger partial charge in [0.25, 0.3) is 0 Å². The molecule has 1 heterocycles. The van der Waals surface area contributed by atoms with E-state index in [0.29, 0.717) is 6.61 Å². The van der Waals surface area contributed by atoms with Crippen molar-refractivity contribution >= 4 is 5.95 Å². The van der Waals surface area contributed by atoms with Crippen LogP contribution in [0.4, 0.5) is 5.95 Å². The fourth-order valence-corrected chi connectivity index (χ4v) is 2.76. The summed E-state index contributed by atoms with van der Waals surface area (Å²) in [4.78, 5) is 4.43. The zero-order valence-electron chi connectivity index (χ0n) is 13.4. The van der Waals surface area contributed by atoms with E-state index in [1.807, 2.05) is 12.4 Å². The molecule has 1 unspecified atom stereocenters. The SMILES string of the molecule is COCC(C)n1ccnc1NC(C)(C)CC(C)(C)C. The molecule has 4 heteroatoms. The predicted molar refractivity (Wildman–Crippen MR) is 80.6 cm³/mol. The summed E-state index contributed by atoms with van der Waals surface area (Å²) in [6, 6.07) is 0.278. The number of aromatic nitrogens is 2. The van der Waals surface area contributed by atoms with Crippen LogP contribution in [0.2, 0.25) is 0 Å². The van der Waals surface area contributed by atoms with Crippen LogP contribution in [0.1, 0.15) is 54.0 Å². The minimum Gasteiger partial charge on any atom is -0.383 e. The summed E-state index contributed by atoms with van der Waals surface area (Å²) in [5, 5.41) is 3.56. The molecule has 0 radical (unpaired) electrons. The molecule has 1 atom stereocenters. The molecule has 0 fully saturated rings. The average Bonchev–Trinajstić information content (AvgIpc) is 2.61. The van der Waals surface area contributed by atoms with Crippen molar-refractivity contribution in [1.29, 1.82) is 0 Å². The molecule has 110 valence electrons. The molecule has 0 aliphatic heterocycles. The molecule has 1 aromatic rings. The number of anilines is 1. The van der Waals surface area contributed by atoms with E-state index < -0.39 is 0 Å². The second kappa shape index (κ2) is 5.95. The van der Waals surface area contributed by atoms with Crippen molar-refractivity contribution in [2.24, 2.45) is 5.41 Å². The zero-order valence-corrected chi connectivity index (χ0v) is 13.4. The second-order valence-electron chi connectivity index (χ2n) is 7.21. The average molecular weight is 267 g/mol. The van der Waals surface area contributed by atoms with Gasteiger partial charge in [0, 0.05) is 25.0 Å². The standard InChI is InChI=1S/C15H29N3O/c1-12(10-19-7)18-9-8-16-13(18)17-15(5,6)11-14(2,3)4/h8-9,12H,10-11H2,1-7H3,(H,16,17). The molecule has 4 nitrogen and oxygen atoms in total. The quantitative estimate of drug-likeness (QED) is 0.854. The third-order valence-electron chi connectivity index (χ3n) is 2.97. The van der Waals surface area contributed by atoms with Crippen LogP contribution in [-0.2, 0) is 4.74 Å². The van der Waals surface area contributed by atoms with E-state index in [1.165, 1.54) is 0 Å². The third-order valence-corrected chi connectivity index (χ3v) is 2.97. The van der Waals surface area contributed by atoms with E-state index in [0.717, 1.165) is 12.4 Å². The fourth-order valence-electron chi connectivity index (χ4n) is 2.76. The topological polar surface area (TPSA) is 39.1 Å². The number of nitrogens with one attached hydrogen (secondary N) is 1. The van der Waals surface area contributed by atoms with Gasteiger partial charge in [-0.25, -0.2) is 4.98 Å². The number of rotatable bonds is 6. The highest BCUT2D eigenvalue weighted by atomic mass is 16.5. The highest BCUT2D eigenvalue weighted by molar-refractivity contribution is 5.30. The maximum Gasteiger partial charge on any atom is 0.203 e. The molecule has 0 amide bonds. The van der Waals surface area contributed by atoms with E-state index in [4.69, 9.17) is 4.74 Å². The molecule has 1 aromatic heterocycles. The van der Waals surface area contributed by atoms with Crippen LogP contribution >= 0.6 is 0 Å². The Morgan fingerprint density at radius 3 is 2.47 bits per heavy atom. The Kier molecular flexibility index (Phi) is 5.02. The summed E-state index contributed by atoms with van der Waals surface area (Å²) in [5.41, 5.74) is 0.292. The van der Waals surface area contributed by atoms with Gasteiger partial charge in [0.1, 0.15) is 0 Å². The monoisotopic (exact) mass is 267 g/mol. The van der Waals surface area contributed by atoms with Gasteiger partial charge in [-0.1, -0.05) is 20.8 Å². The minimum atomic E-state index is 0.00808. The molecule has 0 aliphatic carbocycles. The minimum absolute atomic E-state index is 0.00808. The van der Waals surface area contributed by atoms with Crippen LogP contribution in [0.15, 0.2) is 12.4 Å². The van der Waals surface area contributed by atoms with Crippen LogP contribution in [-0.4, -0.2) is 28.8 Å². The van der Waals surface area contributed by atoms with Crippen LogP contribution in [0.5, 0.6) is 0 Å². The van der Waals surface area contributed by atoms with Crippen LogP contribution in [0.3, 0.4) is 0 Å². The van der Waals surface area contributed by atoms with Gasteiger partial charge in [-0.3, -0.25) is 0 Å². The summed E-state index contributed by atoms with van der Waals surface area (Å²) in [5.74, 6) is 0.916. The largest absolute Gasteiger partial charge is 0.383 e. The van der Waals surface area contributed by atoms with Gasteiger partial charge in [-0.2, -0.15) is 0 Å². The van der Waals surface area contributed by atoms with E-state index in [1.54, 1.807) is 7.11 Å². The Labute approximate surface area is 117 Å². The van der Waals surface area contributed by atoms with Crippen molar-refractivity contribution in [3.63, 3.8) is 0 Å². The normalized spacial score (nSPS) is 14.5. The number of hydrogen-bond donors (Lipinski definition) is 1. The van der Waals surface area contributed by atoms with Gasteiger partial charge < -0.3 is 14.6 Å². The Balaban J connectivity index is 2.79. The van der Waals surface area contributed by atoms with E-state index in [9.17, 15) is 0 Å². The molecule has 19 heavy (non-hydrogen) atoms. The van der Waals surface area contributed by atoms with E-state index >= 15 is 0 Å². The van der Waals surface area contributed by atoms with Gasteiger partial charge in [-0.15, -0.1) is 0 Å². The first-order chi connectivity index (χ1) is 8.64. The van der Waals surface area contributed by atoms with Gasteiger partial charge in [-0.05, 0) is 32.6 Å². The Morgan fingerprint density at radius 1 is 1.32 bits per heavy atom. The van der Waals surface area contributed by atoms with Crippen molar-refractivity contribution < 1.29 is 4.74 Å². The zero-order chi connectivity index (χ0) is 14.7. The smallest absolute Gasteiger partial charge is 0.203 e. The summed E-state index contributed by atoms with van der Waals surface area (Å²) in [7, 11) is 1.73. The summed E-state index contributed by atoms with van der Waals surface area (Å²) < 4.78 is 7.35. The van der Waals surface area contributed by atoms with Crippen LogP contribution in [0, 0.1) is 5.41 Å². The number of imidazole rings is 1. The molecule has 0 saturated carbocycles. The molecule has 0 bridgehead atoms. The highest BCUT2D eigenvalue weighted by Crippen LogP contribution is 2.29. The lowest BCUT2D eigenvalue weighted by Crippen LogP contribution is -2.36. The lowest BCUT2D eigenvalue weighted by molar-refractivity contribution is 0.162. The van der Waals surface area contributed by atoms with Crippen molar-refractivity contribution in [3.05, 3.63) is 12.4 Å². The fraction of sp³-hybridized carbons (Fsp3) is 0.800. The maximum absolute atomic E-state index is 5.22. The van der Waals surface area contributed by atoms with Crippen molar-refractivity contribution in [1.82, 2.24) is 9.55 Å². The van der Waals surface area contributed by atoms with Gasteiger partial charge in [0.05, 0.1) is 12.6 Å². The number of methoxy groups -OCH3 is 1. The molecule has 0 spiro atoms. The Bertz CT molecular complexity index is 390. The Morgan fingerprint density at radius 2 is 1.95 bits per heavy atom. The summed E-state index contributed by atoms with van der Waals surface area (Å²) >= 11 is 0. The van der Waals surface area contributed by atoms with Crippen molar-refractivity contribution in [2.45, 2.75) is 59.5 Å². The first-order valence-corrected chi connectivity index (χ1v) is 6.94.